The molecule has 0 bridgehead atoms. The van der Waals surface area contributed by atoms with Crippen LogP contribution in [0.2, 0.25) is 0 Å². The molecule has 3 N–H and O–H groups in total. The lowest BCUT2D eigenvalue weighted by molar-refractivity contribution is 0.145. The van der Waals surface area contributed by atoms with Gasteiger partial charge < -0.3 is 20.6 Å². The molecule has 1 heterocycles. The zero-order chi connectivity index (χ0) is 20.4. The van der Waals surface area contributed by atoms with E-state index in [0.717, 1.165) is 37.0 Å². The van der Waals surface area contributed by atoms with Crippen molar-refractivity contribution in [1.29, 1.82) is 0 Å². The van der Waals surface area contributed by atoms with Gasteiger partial charge in [0.2, 0.25) is 0 Å². The first kappa shape index (κ1) is 25.9. The van der Waals surface area contributed by atoms with Crippen LogP contribution < -0.4 is 15.5 Å². The Morgan fingerprint density at radius 3 is 2.59 bits per heavy atom. The topological polar surface area (TPSA) is 59.9 Å². The van der Waals surface area contributed by atoms with Crippen LogP contribution in [0.25, 0.3) is 0 Å². The summed E-state index contributed by atoms with van der Waals surface area (Å²) in [5.41, 5.74) is 1.48. The molecule has 2 rings (SSSR count). The van der Waals surface area contributed by atoms with E-state index in [1.807, 2.05) is 24.0 Å². The molecule has 1 aliphatic heterocycles. The summed E-state index contributed by atoms with van der Waals surface area (Å²) in [6, 6.07) is 5.36. The van der Waals surface area contributed by atoms with Crippen molar-refractivity contribution < 1.29 is 9.50 Å². The average Bonchev–Trinajstić information content (AvgIpc) is 2.66. The molecule has 0 spiro atoms. The first-order valence-corrected chi connectivity index (χ1v) is 10.7. The van der Waals surface area contributed by atoms with Gasteiger partial charge in [0.25, 0.3) is 0 Å². The van der Waals surface area contributed by atoms with Gasteiger partial charge >= 0.3 is 0 Å². The Bertz CT molecular complexity index is 619. The summed E-state index contributed by atoms with van der Waals surface area (Å²) < 4.78 is 14.6. The van der Waals surface area contributed by atoms with Crippen LogP contribution in [-0.4, -0.2) is 43.3 Å². The van der Waals surface area contributed by atoms with Crippen LogP contribution in [0.5, 0.6) is 0 Å². The number of anilines is 1. The number of aliphatic imine (C=N–C) groups is 1. The van der Waals surface area contributed by atoms with E-state index in [9.17, 15) is 9.50 Å². The van der Waals surface area contributed by atoms with Gasteiger partial charge in [-0.15, -0.1) is 24.0 Å². The molecule has 1 aliphatic rings. The van der Waals surface area contributed by atoms with Gasteiger partial charge in [-0.25, -0.2) is 9.38 Å². The number of unbranched alkanes of at least 4 members (excludes halogenated alkanes) is 1. The number of piperidine rings is 1. The van der Waals surface area contributed by atoms with Gasteiger partial charge in [-0.1, -0.05) is 32.8 Å². The molecule has 1 fully saturated rings. The maximum absolute atomic E-state index is 14.6. The van der Waals surface area contributed by atoms with Crippen LogP contribution in [0.15, 0.2) is 23.2 Å². The normalized spacial score (nSPS) is 15.4. The summed E-state index contributed by atoms with van der Waals surface area (Å²) in [4.78, 5) is 6.60. The van der Waals surface area contributed by atoms with E-state index in [1.165, 1.54) is 12.8 Å². The second-order valence-electron chi connectivity index (χ2n) is 8.02. The molecule has 0 unspecified atom stereocenters. The molecule has 166 valence electrons. The molecule has 0 aromatic heterocycles. The van der Waals surface area contributed by atoms with Crippen molar-refractivity contribution >= 4 is 35.6 Å². The zero-order valence-electron chi connectivity index (χ0n) is 18.1. The van der Waals surface area contributed by atoms with Gasteiger partial charge in [0.1, 0.15) is 5.82 Å². The molecule has 1 saturated heterocycles. The third-order valence-corrected chi connectivity index (χ3v) is 5.08. The lowest BCUT2D eigenvalue weighted by atomic mass is 10.1. The van der Waals surface area contributed by atoms with Crippen molar-refractivity contribution in [3.05, 3.63) is 29.6 Å². The molecule has 5 nitrogen and oxygen atoms in total. The van der Waals surface area contributed by atoms with Gasteiger partial charge in [-0.05, 0) is 49.8 Å². The molecule has 0 atom stereocenters. The molecule has 0 aliphatic carbocycles. The standard InChI is InChI=1S/C22H37FN4O.HI/c1-4-24-22(25-12-6-5-7-17(2)3)26-16-18-8-9-21(20(23)15-18)27-13-10-19(28)11-14-27;/h8-9,15,17,19,28H,4-7,10-14,16H2,1-3H3,(H2,24,25,26);1H. The molecule has 1 aromatic rings. The first-order chi connectivity index (χ1) is 13.5. The fraction of sp³-hybridized carbons (Fsp3) is 0.682. The van der Waals surface area contributed by atoms with Crippen LogP contribution in [0.3, 0.4) is 0 Å². The fourth-order valence-corrected chi connectivity index (χ4v) is 3.41. The van der Waals surface area contributed by atoms with E-state index in [-0.39, 0.29) is 35.9 Å². The number of aliphatic hydroxyl groups is 1. The minimum absolute atomic E-state index is 0. The van der Waals surface area contributed by atoms with Crippen LogP contribution in [-0.2, 0) is 6.54 Å². The van der Waals surface area contributed by atoms with E-state index in [2.05, 4.69) is 29.5 Å². The SMILES string of the molecule is CCNC(=NCc1ccc(N2CCC(O)CC2)c(F)c1)NCCCCC(C)C.I. The first-order valence-electron chi connectivity index (χ1n) is 10.7. The highest BCUT2D eigenvalue weighted by atomic mass is 127. The van der Waals surface area contributed by atoms with E-state index in [0.29, 0.717) is 38.2 Å². The van der Waals surface area contributed by atoms with Gasteiger partial charge in [-0.2, -0.15) is 0 Å². The molecule has 29 heavy (non-hydrogen) atoms. The lowest BCUT2D eigenvalue weighted by Crippen LogP contribution is -2.37. The van der Waals surface area contributed by atoms with Crippen molar-refractivity contribution in [3.8, 4) is 0 Å². The summed E-state index contributed by atoms with van der Waals surface area (Å²) in [5.74, 6) is 1.31. The highest BCUT2D eigenvalue weighted by Crippen LogP contribution is 2.24. The molecule has 0 radical (unpaired) electrons. The van der Waals surface area contributed by atoms with Crippen LogP contribution >= 0.6 is 24.0 Å². The van der Waals surface area contributed by atoms with E-state index in [4.69, 9.17) is 0 Å². The second-order valence-corrected chi connectivity index (χ2v) is 8.02. The predicted octanol–water partition coefficient (Wildman–Crippen LogP) is 4.29. The molecular formula is C22H38FIN4O. The van der Waals surface area contributed by atoms with Gasteiger partial charge in [-0.3, -0.25) is 0 Å². The minimum atomic E-state index is -0.254. The Morgan fingerprint density at radius 2 is 1.97 bits per heavy atom. The Balaban J connectivity index is 0.00000420. The summed E-state index contributed by atoms with van der Waals surface area (Å²) in [7, 11) is 0. The summed E-state index contributed by atoms with van der Waals surface area (Å²) >= 11 is 0. The number of nitrogens with zero attached hydrogens (tertiary/aromatic N) is 2. The largest absolute Gasteiger partial charge is 0.393 e. The molecule has 0 amide bonds. The van der Waals surface area contributed by atoms with Crippen molar-refractivity contribution in [2.75, 3.05) is 31.1 Å². The Hall–Kier alpha value is -1.09. The van der Waals surface area contributed by atoms with Crippen LogP contribution in [0, 0.1) is 11.7 Å². The van der Waals surface area contributed by atoms with Crippen LogP contribution in [0.1, 0.15) is 58.4 Å². The van der Waals surface area contributed by atoms with Crippen LogP contribution in [0.4, 0.5) is 10.1 Å². The number of halogens is 2. The van der Waals surface area contributed by atoms with Crippen molar-refractivity contribution in [3.63, 3.8) is 0 Å². The molecular weight excluding hydrogens is 482 g/mol. The molecule has 7 heteroatoms. The smallest absolute Gasteiger partial charge is 0.191 e. The van der Waals surface area contributed by atoms with Crippen molar-refractivity contribution in [2.45, 2.75) is 65.5 Å². The van der Waals surface area contributed by atoms with Crippen molar-refractivity contribution in [2.24, 2.45) is 10.9 Å². The zero-order valence-corrected chi connectivity index (χ0v) is 20.4. The number of guanidine groups is 1. The number of hydrogen-bond acceptors (Lipinski definition) is 3. The van der Waals surface area contributed by atoms with E-state index < -0.39 is 0 Å². The van der Waals surface area contributed by atoms with E-state index >= 15 is 0 Å². The number of rotatable bonds is 9. The Labute approximate surface area is 192 Å². The second kappa shape index (κ2) is 14.0. The number of hydrogen-bond donors (Lipinski definition) is 3. The summed E-state index contributed by atoms with van der Waals surface area (Å²) in [6.07, 6.45) is 4.72. The highest BCUT2D eigenvalue weighted by molar-refractivity contribution is 14.0. The third kappa shape index (κ3) is 9.51. The van der Waals surface area contributed by atoms with E-state index in [1.54, 1.807) is 6.07 Å². The minimum Gasteiger partial charge on any atom is -0.393 e. The molecule has 0 saturated carbocycles. The Morgan fingerprint density at radius 1 is 1.24 bits per heavy atom. The molecule has 1 aromatic carbocycles. The highest BCUT2D eigenvalue weighted by Gasteiger charge is 2.19. The number of nitrogens with one attached hydrogen (secondary N) is 2. The van der Waals surface area contributed by atoms with Gasteiger partial charge in [0.15, 0.2) is 5.96 Å². The fourth-order valence-electron chi connectivity index (χ4n) is 3.41. The predicted molar refractivity (Wildman–Crippen MR) is 131 cm³/mol. The third-order valence-electron chi connectivity index (χ3n) is 5.08. The average molecular weight is 520 g/mol. The summed E-state index contributed by atoms with van der Waals surface area (Å²) in [6.45, 7) is 10.1. The number of benzene rings is 1. The maximum Gasteiger partial charge on any atom is 0.191 e. The summed E-state index contributed by atoms with van der Waals surface area (Å²) in [5, 5.41) is 16.2. The van der Waals surface area contributed by atoms with Gasteiger partial charge in [0, 0.05) is 26.2 Å². The number of aliphatic hydroxyl groups excluding tert-OH is 1. The van der Waals surface area contributed by atoms with Crippen molar-refractivity contribution in [1.82, 2.24) is 10.6 Å². The monoisotopic (exact) mass is 520 g/mol. The quantitative estimate of drug-likeness (QED) is 0.197. The lowest BCUT2D eigenvalue weighted by Gasteiger charge is -2.31. The maximum atomic E-state index is 14.6. The Kier molecular flexibility index (Phi) is 12.5. The van der Waals surface area contributed by atoms with Gasteiger partial charge in [0.05, 0.1) is 18.3 Å².